The van der Waals surface area contributed by atoms with Crippen molar-refractivity contribution in [3.8, 4) is 0 Å². The van der Waals surface area contributed by atoms with Crippen molar-refractivity contribution in [1.29, 1.82) is 0 Å². The molecule has 11 nitrogen and oxygen atoms in total. The number of ketones is 1. The second-order valence-electron chi connectivity index (χ2n) is 5.18. The van der Waals surface area contributed by atoms with Crippen LogP contribution in [-0.4, -0.2) is 38.4 Å². The normalized spacial score (nSPS) is 10.4. The zero-order valence-corrected chi connectivity index (χ0v) is 14.9. The maximum Gasteiger partial charge on any atom is 0.358 e. The van der Waals surface area contributed by atoms with E-state index in [0.29, 0.717) is 0 Å². The maximum atomic E-state index is 12.2. The van der Waals surface area contributed by atoms with Gasteiger partial charge in [-0.25, -0.2) is 14.6 Å². The number of carbonyl (C=O) groups is 3. The van der Waals surface area contributed by atoms with Gasteiger partial charge in [0, 0.05) is 26.4 Å². The summed E-state index contributed by atoms with van der Waals surface area (Å²) in [6.07, 6.45) is 0. The monoisotopic (exact) mass is 381 g/mol. The van der Waals surface area contributed by atoms with E-state index in [2.05, 4.69) is 10.3 Å². The molecular weight excluding hydrogens is 366 g/mol. The van der Waals surface area contributed by atoms with E-state index in [1.807, 2.05) is 0 Å². The minimum atomic E-state index is -0.911. The predicted molar refractivity (Wildman–Crippen MR) is 92.4 cm³/mol. The molecule has 0 atom stereocenters. The number of rotatable bonds is 5. The molecule has 0 fully saturated rings. The fourth-order valence-corrected chi connectivity index (χ4v) is 2.70. The molecule has 2 aromatic heterocycles. The van der Waals surface area contributed by atoms with Crippen molar-refractivity contribution >= 4 is 39.9 Å². The number of thiazole rings is 1. The number of aromatic nitrogens is 3. The third-order valence-electron chi connectivity index (χ3n) is 3.32. The van der Waals surface area contributed by atoms with Crippen molar-refractivity contribution < 1.29 is 19.1 Å². The number of nitrogens with two attached hydrogens (primary N) is 1. The number of ether oxygens (including phenoxy) is 1. The van der Waals surface area contributed by atoms with E-state index < -0.39 is 35.2 Å². The van der Waals surface area contributed by atoms with Gasteiger partial charge in [-0.15, -0.1) is 11.3 Å². The van der Waals surface area contributed by atoms with Crippen molar-refractivity contribution in [2.75, 3.05) is 17.7 Å². The average Bonchev–Trinajstić information content (AvgIpc) is 3.04. The molecule has 0 saturated carbocycles. The van der Waals surface area contributed by atoms with Crippen LogP contribution < -0.4 is 22.3 Å². The van der Waals surface area contributed by atoms with E-state index >= 15 is 0 Å². The summed E-state index contributed by atoms with van der Waals surface area (Å²) in [5.41, 5.74) is 3.54. The molecule has 1 amide bonds. The van der Waals surface area contributed by atoms with Crippen molar-refractivity contribution in [2.45, 2.75) is 6.92 Å². The number of nitrogens with one attached hydrogen (secondary N) is 1. The van der Waals surface area contributed by atoms with Crippen LogP contribution in [0.25, 0.3) is 0 Å². The molecule has 0 spiro atoms. The Morgan fingerprint density at radius 2 is 1.92 bits per heavy atom. The summed E-state index contributed by atoms with van der Waals surface area (Å²) in [5, 5.41) is 3.95. The first kappa shape index (κ1) is 19.1. The Hall–Kier alpha value is -3.28. The molecule has 26 heavy (non-hydrogen) atoms. The number of amides is 1. The van der Waals surface area contributed by atoms with Crippen molar-refractivity contribution in [2.24, 2.45) is 14.1 Å². The lowest BCUT2D eigenvalue weighted by atomic mass is 10.2. The van der Waals surface area contributed by atoms with Crippen LogP contribution in [0.15, 0.2) is 15.0 Å². The molecule has 2 rings (SSSR count). The molecule has 0 unspecified atom stereocenters. The van der Waals surface area contributed by atoms with E-state index in [1.165, 1.54) is 26.4 Å². The summed E-state index contributed by atoms with van der Waals surface area (Å²) in [6.45, 7) is 0.527. The van der Waals surface area contributed by atoms with Gasteiger partial charge in [-0.1, -0.05) is 0 Å². The van der Waals surface area contributed by atoms with Gasteiger partial charge in [0.2, 0.25) is 11.7 Å². The number of hydrogen-bond acceptors (Lipinski definition) is 9. The molecule has 0 aliphatic heterocycles. The first-order valence-electron chi connectivity index (χ1n) is 7.12. The lowest BCUT2D eigenvalue weighted by Crippen LogP contribution is -2.42. The highest BCUT2D eigenvalue weighted by Gasteiger charge is 2.22. The molecule has 0 aliphatic carbocycles. The second kappa shape index (κ2) is 7.31. The Kier molecular flexibility index (Phi) is 5.35. The number of Topliss-reactive ketones (excluding diaryl/α,β-unsaturated/α-hetero) is 1. The molecule has 0 bridgehead atoms. The van der Waals surface area contributed by atoms with E-state index in [-0.39, 0.29) is 22.6 Å². The number of hydrogen-bond donors (Lipinski definition) is 2. The molecule has 0 aliphatic rings. The third-order valence-corrected chi connectivity index (χ3v) is 4.08. The number of nitrogen functional groups attached to an aromatic ring is 1. The maximum absolute atomic E-state index is 12.2. The summed E-state index contributed by atoms with van der Waals surface area (Å²) in [7, 11) is 2.50. The highest BCUT2D eigenvalue weighted by atomic mass is 32.1. The minimum Gasteiger partial charge on any atom is -0.453 e. The van der Waals surface area contributed by atoms with Crippen LogP contribution in [0, 0.1) is 0 Å². The fourth-order valence-electron chi connectivity index (χ4n) is 1.97. The number of nitrogens with zero attached hydrogens (tertiary/aromatic N) is 3. The summed E-state index contributed by atoms with van der Waals surface area (Å²) in [5.74, 6) is -2.44. The van der Waals surface area contributed by atoms with Gasteiger partial charge < -0.3 is 15.8 Å². The highest BCUT2D eigenvalue weighted by molar-refractivity contribution is 7.14. The molecule has 0 saturated heterocycles. The Morgan fingerprint density at radius 1 is 1.27 bits per heavy atom. The Balaban J connectivity index is 2.16. The van der Waals surface area contributed by atoms with Crippen LogP contribution in [-0.2, 0) is 23.6 Å². The summed E-state index contributed by atoms with van der Waals surface area (Å²) in [6, 6.07) is 0. The smallest absolute Gasteiger partial charge is 0.358 e. The van der Waals surface area contributed by atoms with Gasteiger partial charge in [-0.05, 0) is 0 Å². The SMILES string of the molecule is CC(=O)Nc1nc(C(=O)OCC(=O)c2c(N)n(C)c(=O)n(C)c2=O)cs1. The van der Waals surface area contributed by atoms with Crippen LogP contribution >= 0.6 is 11.3 Å². The summed E-state index contributed by atoms with van der Waals surface area (Å²) < 4.78 is 6.50. The van der Waals surface area contributed by atoms with E-state index in [9.17, 15) is 24.0 Å². The van der Waals surface area contributed by atoms with Crippen molar-refractivity contribution in [3.05, 3.63) is 37.5 Å². The van der Waals surface area contributed by atoms with Crippen LogP contribution in [0.3, 0.4) is 0 Å². The zero-order valence-electron chi connectivity index (χ0n) is 14.1. The van der Waals surface area contributed by atoms with Crippen LogP contribution in [0.5, 0.6) is 0 Å². The van der Waals surface area contributed by atoms with Crippen LogP contribution in [0.4, 0.5) is 10.9 Å². The van der Waals surface area contributed by atoms with E-state index in [0.717, 1.165) is 20.5 Å². The molecule has 12 heteroatoms. The molecule has 2 heterocycles. The number of anilines is 2. The lowest BCUT2D eigenvalue weighted by Gasteiger charge is -2.10. The Morgan fingerprint density at radius 3 is 2.54 bits per heavy atom. The van der Waals surface area contributed by atoms with Crippen molar-refractivity contribution in [1.82, 2.24) is 14.1 Å². The van der Waals surface area contributed by atoms with Gasteiger partial charge in [0.15, 0.2) is 17.4 Å². The standard InChI is InChI=1S/C14H15N5O6S/c1-6(20)16-13-17-7(5-26-13)12(23)25-4-8(21)9-10(15)18(2)14(24)19(3)11(9)22/h5H,4,15H2,1-3H3,(H,16,17,20). The van der Waals surface area contributed by atoms with Crippen LogP contribution in [0.2, 0.25) is 0 Å². The minimum absolute atomic E-state index is 0.104. The molecule has 138 valence electrons. The molecule has 0 aromatic carbocycles. The average molecular weight is 381 g/mol. The van der Waals surface area contributed by atoms with Gasteiger partial charge in [-0.2, -0.15) is 0 Å². The first-order chi connectivity index (χ1) is 12.1. The number of carbonyl (C=O) groups excluding carboxylic acids is 3. The van der Waals surface area contributed by atoms with Gasteiger partial charge in [0.25, 0.3) is 5.56 Å². The van der Waals surface area contributed by atoms with Gasteiger partial charge in [0.05, 0.1) is 0 Å². The Bertz CT molecular complexity index is 1020. The van der Waals surface area contributed by atoms with Crippen LogP contribution in [0.1, 0.15) is 27.8 Å². The molecule has 2 aromatic rings. The Labute approximate surface area is 150 Å². The van der Waals surface area contributed by atoms with Gasteiger partial charge in [-0.3, -0.25) is 23.5 Å². The summed E-state index contributed by atoms with van der Waals surface area (Å²) >= 11 is 1.01. The highest BCUT2D eigenvalue weighted by Crippen LogP contribution is 2.16. The van der Waals surface area contributed by atoms with Gasteiger partial charge >= 0.3 is 11.7 Å². The first-order valence-corrected chi connectivity index (χ1v) is 8.00. The largest absolute Gasteiger partial charge is 0.453 e. The third kappa shape index (κ3) is 3.69. The fraction of sp³-hybridized carbons (Fsp3) is 0.286. The van der Waals surface area contributed by atoms with Gasteiger partial charge in [0.1, 0.15) is 11.4 Å². The summed E-state index contributed by atoms with van der Waals surface area (Å²) in [4.78, 5) is 62.7. The van der Waals surface area contributed by atoms with Crippen molar-refractivity contribution in [3.63, 3.8) is 0 Å². The predicted octanol–water partition coefficient (Wildman–Crippen LogP) is -0.879. The quantitative estimate of drug-likeness (QED) is 0.500. The second-order valence-corrected chi connectivity index (χ2v) is 6.04. The molecular formula is C14H15N5O6S. The molecule has 0 radical (unpaired) electrons. The topological polar surface area (TPSA) is 155 Å². The molecule has 3 N–H and O–H groups in total. The van der Waals surface area contributed by atoms with E-state index in [1.54, 1.807) is 0 Å². The zero-order chi connectivity index (χ0) is 19.6. The number of esters is 1. The van der Waals surface area contributed by atoms with E-state index in [4.69, 9.17) is 10.5 Å². The lowest BCUT2D eigenvalue weighted by molar-refractivity contribution is -0.114.